The van der Waals surface area contributed by atoms with Crippen LogP contribution in [0.25, 0.3) is 0 Å². The molecule has 0 radical (unpaired) electrons. The van der Waals surface area contributed by atoms with Crippen LogP contribution in [0.1, 0.15) is 0 Å². The van der Waals surface area contributed by atoms with Crippen LogP contribution in [0.2, 0.25) is 0 Å². The molecule has 5 heteroatoms. The van der Waals surface area contributed by atoms with E-state index in [1.165, 1.54) is 0 Å². The van der Waals surface area contributed by atoms with Gasteiger partial charge in [-0.3, -0.25) is 4.21 Å². The van der Waals surface area contributed by atoms with E-state index in [4.69, 9.17) is 0 Å². The topological polar surface area (TPSA) is 17.1 Å². The maximum absolute atomic E-state index is 10.5. The average molecular weight is 202 g/mol. The summed E-state index contributed by atoms with van der Waals surface area (Å²) in [7, 11) is 2.81. The van der Waals surface area contributed by atoms with E-state index in [0.717, 1.165) is 10.2 Å². The molecule has 0 aliphatic rings. The largest absolute Gasteiger partial charge is 0.259 e. The van der Waals surface area contributed by atoms with E-state index in [-0.39, 0.29) is 0 Å². The SMILES string of the molecule is CSCSSCS(C)=O. The van der Waals surface area contributed by atoms with E-state index in [2.05, 4.69) is 6.26 Å². The fraction of sp³-hybridized carbons (Fsp3) is 1.00. The Hall–Kier alpha value is 1.20. The molecule has 1 nitrogen and oxygen atoms in total. The molecule has 0 bridgehead atoms. The first-order valence-electron chi connectivity index (χ1n) is 2.30. The normalized spacial score (nSPS) is 13.6. The lowest BCUT2D eigenvalue weighted by atomic mass is 11.9. The molecular weight excluding hydrogens is 192 g/mol. The molecule has 0 heterocycles. The van der Waals surface area contributed by atoms with Crippen molar-refractivity contribution in [2.45, 2.75) is 0 Å². The van der Waals surface area contributed by atoms with Crippen LogP contribution in [0.5, 0.6) is 0 Å². The molecule has 0 rings (SSSR count). The first-order chi connectivity index (χ1) is 4.27. The summed E-state index contributed by atoms with van der Waals surface area (Å²) in [6.07, 6.45) is 3.79. The predicted molar refractivity (Wildman–Crippen MR) is 52.5 cm³/mol. The average Bonchev–Trinajstić information content (AvgIpc) is 1.80. The maximum atomic E-state index is 10.5. The van der Waals surface area contributed by atoms with Gasteiger partial charge in [0.2, 0.25) is 0 Å². The van der Waals surface area contributed by atoms with Crippen molar-refractivity contribution in [1.82, 2.24) is 0 Å². The van der Waals surface area contributed by atoms with E-state index in [0.29, 0.717) is 0 Å². The molecule has 0 aromatic carbocycles. The van der Waals surface area contributed by atoms with Crippen LogP contribution < -0.4 is 0 Å². The smallest absolute Gasteiger partial charge is 0.0793 e. The molecule has 0 amide bonds. The van der Waals surface area contributed by atoms with Crippen LogP contribution in [0.4, 0.5) is 0 Å². The Morgan fingerprint density at radius 1 is 1.44 bits per heavy atom. The van der Waals surface area contributed by atoms with Gasteiger partial charge in [-0.15, -0.1) is 0 Å². The first kappa shape index (κ1) is 10.2. The molecule has 0 aromatic rings. The zero-order valence-electron chi connectivity index (χ0n) is 5.46. The summed E-state index contributed by atoms with van der Waals surface area (Å²) in [5, 5.41) is 1.84. The highest BCUT2D eigenvalue weighted by Gasteiger charge is 1.90. The van der Waals surface area contributed by atoms with Crippen molar-refractivity contribution in [1.29, 1.82) is 0 Å². The Morgan fingerprint density at radius 3 is 2.56 bits per heavy atom. The Kier molecular flexibility index (Phi) is 8.28. The molecule has 1 unspecified atom stereocenters. The molecule has 0 aliphatic heterocycles. The Bertz CT molecular complexity index is 84.6. The van der Waals surface area contributed by atoms with Crippen molar-refractivity contribution in [3.05, 3.63) is 0 Å². The molecule has 0 aliphatic carbocycles. The molecule has 0 saturated heterocycles. The maximum Gasteiger partial charge on any atom is 0.0793 e. The predicted octanol–water partition coefficient (Wildman–Crippen LogP) is 2.02. The second kappa shape index (κ2) is 7.31. The number of rotatable bonds is 5. The van der Waals surface area contributed by atoms with Gasteiger partial charge in [-0.2, -0.15) is 11.8 Å². The minimum absolute atomic E-state index is 0.636. The minimum atomic E-state index is -0.636. The molecule has 0 spiro atoms. The first-order valence-corrected chi connectivity index (χ1v) is 7.91. The summed E-state index contributed by atoms with van der Waals surface area (Å²) in [6, 6.07) is 0. The molecule has 9 heavy (non-hydrogen) atoms. The Morgan fingerprint density at radius 2 is 2.11 bits per heavy atom. The summed E-state index contributed by atoms with van der Waals surface area (Å²) in [5.41, 5.74) is 0. The lowest BCUT2D eigenvalue weighted by molar-refractivity contribution is 0.689. The standard InChI is InChI=1S/C4H10OS4/c1-6-3-7-8-4-9(2)5/h3-4H2,1-2H3. The van der Waals surface area contributed by atoms with Crippen LogP contribution >= 0.6 is 33.3 Å². The van der Waals surface area contributed by atoms with E-state index in [1.54, 1.807) is 39.6 Å². The van der Waals surface area contributed by atoms with Gasteiger partial charge in [-0.1, -0.05) is 21.6 Å². The van der Waals surface area contributed by atoms with E-state index < -0.39 is 10.8 Å². The second-order valence-corrected chi connectivity index (χ2v) is 6.83. The molecule has 0 aromatic heterocycles. The van der Waals surface area contributed by atoms with Gasteiger partial charge >= 0.3 is 0 Å². The fourth-order valence-electron chi connectivity index (χ4n) is 0.184. The summed E-state index contributed by atoms with van der Waals surface area (Å²) < 4.78 is 10.5. The van der Waals surface area contributed by atoms with Gasteiger partial charge in [-0.25, -0.2) is 0 Å². The third-order valence-electron chi connectivity index (χ3n) is 0.463. The quantitative estimate of drug-likeness (QED) is 0.385. The third kappa shape index (κ3) is 9.20. The van der Waals surface area contributed by atoms with Crippen LogP contribution in [0, 0.1) is 0 Å². The van der Waals surface area contributed by atoms with Crippen LogP contribution in [-0.4, -0.2) is 26.9 Å². The zero-order chi connectivity index (χ0) is 7.11. The Balaban J connectivity index is 2.83. The van der Waals surface area contributed by atoms with Crippen molar-refractivity contribution < 1.29 is 4.21 Å². The van der Waals surface area contributed by atoms with Gasteiger partial charge in [0.1, 0.15) is 0 Å². The highest BCUT2D eigenvalue weighted by atomic mass is 33.1. The van der Waals surface area contributed by atoms with Gasteiger partial charge in [0.05, 0.1) is 5.08 Å². The summed E-state index contributed by atoms with van der Waals surface area (Å²) in [6.45, 7) is 0. The third-order valence-corrected chi connectivity index (χ3v) is 5.90. The van der Waals surface area contributed by atoms with Crippen molar-refractivity contribution in [3.8, 4) is 0 Å². The Labute approximate surface area is 71.0 Å². The summed E-state index contributed by atoms with van der Waals surface area (Å²) in [5.74, 6) is 0. The van der Waals surface area contributed by atoms with Gasteiger partial charge in [0.25, 0.3) is 0 Å². The summed E-state index contributed by atoms with van der Waals surface area (Å²) >= 11 is 1.80. The van der Waals surface area contributed by atoms with E-state index >= 15 is 0 Å². The monoisotopic (exact) mass is 202 g/mol. The van der Waals surface area contributed by atoms with Gasteiger partial charge in [0, 0.05) is 22.1 Å². The van der Waals surface area contributed by atoms with Crippen LogP contribution in [0.15, 0.2) is 0 Å². The van der Waals surface area contributed by atoms with E-state index in [9.17, 15) is 4.21 Å². The van der Waals surface area contributed by atoms with Gasteiger partial charge in [0.15, 0.2) is 0 Å². The lowest BCUT2D eigenvalue weighted by Gasteiger charge is -1.93. The molecule has 0 N–H and O–H groups in total. The minimum Gasteiger partial charge on any atom is -0.259 e. The molecule has 56 valence electrons. The molecule has 1 atom stereocenters. The fourth-order valence-corrected chi connectivity index (χ4v) is 4.97. The molecular formula is C4H10OS4. The van der Waals surface area contributed by atoms with Crippen molar-refractivity contribution in [2.75, 3.05) is 22.7 Å². The van der Waals surface area contributed by atoms with Crippen LogP contribution in [-0.2, 0) is 10.8 Å². The lowest BCUT2D eigenvalue weighted by Crippen LogP contribution is -1.84. The molecule has 0 saturated carbocycles. The second-order valence-electron chi connectivity index (χ2n) is 1.33. The van der Waals surface area contributed by atoms with Crippen molar-refractivity contribution in [2.24, 2.45) is 0 Å². The summed E-state index contributed by atoms with van der Waals surface area (Å²) in [4.78, 5) is 0. The van der Waals surface area contributed by atoms with Gasteiger partial charge in [-0.05, 0) is 6.26 Å². The highest BCUT2D eigenvalue weighted by Crippen LogP contribution is 2.24. The number of hydrogen-bond donors (Lipinski definition) is 0. The van der Waals surface area contributed by atoms with Crippen molar-refractivity contribution in [3.63, 3.8) is 0 Å². The van der Waals surface area contributed by atoms with Crippen molar-refractivity contribution >= 4 is 44.1 Å². The van der Waals surface area contributed by atoms with E-state index in [1.807, 2.05) is 0 Å². The molecule has 0 fully saturated rings. The zero-order valence-corrected chi connectivity index (χ0v) is 8.72. The number of thioether (sulfide) groups is 1. The highest BCUT2D eigenvalue weighted by molar-refractivity contribution is 8.79. The van der Waals surface area contributed by atoms with Gasteiger partial charge < -0.3 is 0 Å². The number of hydrogen-bond acceptors (Lipinski definition) is 4. The van der Waals surface area contributed by atoms with Crippen LogP contribution in [0.3, 0.4) is 0 Å².